The number of aryl methyl sites for hydroxylation is 1. The number of carboxylic acids is 1. The van der Waals surface area contributed by atoms with Crippen LogP contribution < -0.4 is 0 Å². The van der Waals surface area contributed by atoms with Crippen LogP contribution in [0, 0.1) is 5.82 Å². The minimum absolute atomic E-state index is 0.0272. The molecule has 1 saturated heterocycles. The van der Waals surface area contributed by atoms with Crippen molar-refractivity contribution >= 4 is 27.8 Å². The lowest BCUT2D eigenvalue weighted by molar-refractivity contribution is -0.192. The number of amides is 1. The molecule has 170 valence electrons. The molecule has 2 heterocycles. The molecule has 1 aromatic heterocycles. The number of rotatable bonds is 4. The highest BCUT2D eigenvalue weighted by atomic mass is 79.9. The molecule has 1 aliphatic rings. The first-order valence-electron chi connectivity index (χ1n) is 9.22. The Balaban J connectivity index is 0.000000423. The van der Waals surface area contributed by atoms with Crippen molar-refractivity contribution in [2.45, 2.75) is 12.6 Å². The highest BCUT2D eigenvalue weighted by Crippen LogP contribution is 2.17. The second kappa shape index (κ2) is 10.7. The molecule has 1 aliphatic heterocycles. The summed E-state index contributed by atoms with van der Waals surface area (Å²) in [7, 11) is 1.80. The molecule has 12 heteroatoms. The van der Waals surface area contributed by atoms with E-state index in [2.05, 4.69) is 25.9 Å². The molecular weight excluding hydrogens is 488 g/mol. The van der Waals surface area contributed by atoms with Gasteiger partial charge in [0.2, 0.25) is 0 Å². The maximum Gasteiger partial charge on any atom is 0.490 e. The second-order valence-corrected chi connectivity index (χ2v) is 7.67. The number of aliphatic carboxylic acids is 1. The van der Waals surface area contributed by atoms with Gasteiger partial charge in [-0.1, -0.05) is 12.1 Å². The normalized spacial score (nSPS) is 14.7. The summed E-state index contributed by atoms with van der Waals surface area (Å²) in [5.41, 5.74) is 1.60. The number of carbonyl (C=O) groups excluding carboxylic acids is 1. The zero-order valence-electron chi connectivity index (χ0n) is 16.6. The SMILES string of the molecule is Cn1cc(Br)c(C(=O)N2CCN(CCc3ccc(F)cc3)CC2)n1.O=C(O)C(F)(F)F. The van der Waals surface area contributed by atoms with Gasteiger partial charge in [-0.05, 0) is 40.0 Å². The minimum atomic E-state index is -5.08. The average molecular weight is 509 g/mol. The van der Waals surface area contributed by atoms with E-state index in [0.29, 0.717) is 18.8 Å². The molecule has 0 saturated carbocycles. The number of piperazine rings is 1. The lowest BCUT2D eigenvalue weighted by Crippen LogP contribution is -2.49. The van der Waals surface area contributed by atoms with Gasteiger partial charge in [-0.3, -0.25) is 14.4 Å². The standard InChI is InChI=1S/C17H20BrFN4O.C2HF3O2/c1-21-12-15(18)16(20-21)17(24)23-10-8-22(9-11-23)7-6-13-2-4-14(19)5-3-13;3-2(4,5)1(6)7/h2-5,12H,6-11H2,1H3;(H,6,7). The van der Waals surface area contributed by atoms with Gasteiger partial charge in [0.25, 0.3) is 5.91 Å². The van der Waals surface area contributed by atoms with E-state index >= 15 is 0 Å². The zero-order chi connectivity index (χ0) is 23.2. The van der Waals surface area contributed by atoms with Gasteiger partial charge < -0.3 is 10.0 Å². The van der Waals surface area contributed by atoms with E-state index in [1.54, 1.807) is 17.9 Å². The Hall–Kier alpha value is -2.47. The second-order valence-electron chi connectivity index (χ2n) is 6.81. The number of alkyl halides is 3. The molecule has 0 bridgehead atoms. The number of halogens is 5. The first kappa shape index (κ1) is 24.8. The van der Waals surface area contributed by atoms with E-state index in [1.165, 1.54) is 12.1 Å². The molecule has 1 aromatic carbocycles. The molecule has 2 aromatic rings. The average Bonchev–Trinajstić information content (AvgIpc) is 3.05. The molecule has 1 fully saturated rings. The lowest BCUT2D eigenvalue weighted by atomic mass is 10.1. The number of carbonyl (C=O) groups is 2. The van der Waals surface area contributed by atoms with Crippen LogP contribution in [0.2, 0.25) is 0 Å². The molecule has 0 atom stereocenters. The summed E-state index contributed by atoms with van der Waals surface area (Å²) in [6.45, 7) is 4.01. The van der Waals surface area contributed by atoms with Crippen molar-refractivity contribution in [3.05, 3.63) is 52.0 Å². The molecule has 1 N–H and O–H groups in total. The highest BCUT2D eigenvalue weighted by molar-refractivity contribution is 9.10. The van der Waals surface area contributed by atoms with Crippen molar-refractivity contribution < 1.29 is 32.3 Å². The van der Waals surface area contributed by atoms with E-state index in [4.69, 9.17) is 9.90 Å². The summed E-state index contributed by atoms with van der Waals surface area (Å²) >= 11 is 3.38. The van der Waals surface area contributed by atoms with E-state index < -0.39 is 12.1 Å². The van der Waals surface area contributed by atoms with E-state index in [1.807, 2.05) is 17.0 Å². The summed E-state index contributed by atoms with van der Waals surface area (Å²) in [5, 5.41) is 11.3. The number of aromatic nitrogens is 2. The van der Waals surface area contributed by atoms with Crippen LogP contribution in [0.15, 0.2) is 34.9 Å². The Morgan fingerprint density at radius 1 is 1.13 bits per heavy atom. The van der Waals surface area contributed by atoms with Crippen LogP contribution in [0.25, 0.3) is 0 Å². The molecule has 7 nitrogen and oxygen atoms in total. The van der Waals surface area contributed by atoms with Gasteiger partial charge in [0.05, 0.1) is 4.47 Å². The molecule has 0 spiro atoms. The van der Waals surface area contributed by atoms with E-state index in [9.17, 15) is 22.4 Å². The van der Waals surface area contributed by atoms with Crippen LogP contribution in [0.5, 0.6) is 0 Å². The fraction of sp³-hybridized carbons (Fsp3) is 0.421. The van der Waals surface area contributed by atoms with Crippen molar-refractivity contribution in [2.24, 2.45) is 7.05 Å². The monoisotopic (exact) mass is 508 g/mol. The van der Waals surface area contributed by atoms with Gasteiger partial charge in [0.15, 0.2) is 5.69 Å². The van der Waals surface area contributed by atoms with Crippen LogP contribution in [-0.4, -0.2) is 75.5 Å². The van der Waals surface area contributed by atoms with Crippen molar-refractivity contribution in [3.8, 4) is 0 Å². The Kier molecular flexibility index (Phi) is 8.57. The van der Waals surface area contributed by atoms with Crippen LogP contribution in [0.3, 0.4) is 0 Å². The van der Waals surface area contributed by atoms with Crippen molar-refractivity contribution in [2.75, 3.05) is 32.7 Å². The molecule has 0 unspecified atom stereocenters. The fourth-order valence-corrected chi connectivity index (χ4v) is 3.41. The van der Waals surface area contributed by atoms with Crippen molar-refractivity contribution in [1.29, 1.82) is 0 Å². The van der Waals surface area contributed by atoms with Gasteiger partial charge in [0, 0.05) is 46.0 Å². The van der Waals surface area contributed by atoms with Gasteiger partial charge in [-0.2, -0.15) is 18.3 Å². The molecule has 3 rings (SSSR count). The zero-order valence-corrected chi connectivity index (χ0v) is 18.2. The topological polar surface area (TPSA) is 78.7 Å². The number of benzene rings is 1. The lowest BCUT2D eigenvalue weighted by Gasteiger charge is -2.34. The Morgan fingerprint density at radius 2 is 1.68 bits per heavy atom. The summed E-state index contributed by atoms with van der Waals surface area (Å²) in [5.74, 6) is -2.99. The third kappa shape index (κ3) is 7.62. The van der Waals surface area contributed by atoms with Gasteiger partial charge in [-0.25, -0.2) is 9.18 Å². The quantitative estimate of drug-likeness (QED) is 0.642. The number of nitrogens with zero attached hydrogens (tertiary/aromatic N) is 4. The van der Waals surface area contributed by atoms with Crippen molar-refractivity contribution in [1.82, 2.24) is 19.6 Å². The molecule has 1 amide bonds. The third-order valence-corrected chi connectivity index (χ3v) is 5.10. The maximum absolute atomic E-state index is 12.9. The van der Waals surface area contributed by atoms with Crippen LogP contribution in [0.4, 0.5) is 17.6 Å². The first-order valence-corrected chi connectivity index (χ1v) is 10.0. The minimum Gasteiger partial charge on any atom is -0.475 e. The summed E-state index contributed by atoms with van der Waals surface area (Å²) in [4.78, 5) is 25.6. The van der Waals surface area contributed by atoms with Crippen LogP contribution in [-0.2, 0) is 18.3 Å². The van der Waals surface area contributed by atoms with Gasteiger partial charge >= 0.3 is 12.1 Å². The molecular formula is C19H21BrF4N4O3. The summed E-state index contributed by atoms with van der Waals surface area (Å²) in [6.07, 6.45) is -2.41. The predicted molar refractivity (Wildman–Crippen MR) is 107 cm³/mol. The largest absolute Gasteiger partial charge is 0.490 e. The number of hydrogen-bond donors (Lipinski definition) is 1. The maximum atomic E-state index is 12.9. The molecule has 0 radical (unpaired) electrons. The van der Waals surface area contributed by atoms with Gasteiger partial charge in [0.1, 0.15) is 5.82 Å². The van der Waals surface area contributed by atoms with Gasteiger partial charge in [-0.15, -0.1) is 0 Å². The first-order chi connectivity index (χ1) is 14.5. The van der Waals surface area contributed by atoms with E-state index in [0.717, 1.165) is 36.1 Å². The third-order valence-electron chi connectivity index (χ3n) is 4.52. The summed E-state index contributed by atoms with van der Waals surface area (Å²) < 4.78 is 47.0. The Morgan fingerprint density at radius 3 is 2.13 bits per heavy atom. The number of hydrogen-bond acceptors (Lipinski definition) is 4. The fourth-order valence-electron chi connectivity index (χ4n) is 2.87. The van der Waals surface area contributed by atoms with Crippen LogP contribution >= 0.6 is 15.9 Å². The Bertz CT molecular complexity index is 895. The number of carboxylic acid groups (broad SMARTS) is 1. The van der Waals surface area contributed by atoms with Crippen LogP contribution in [0.1, 0.15) is 16.1 Å². The summed E-state index contributed by atoms with van der Waals surface area (Å²) in [6, 6.07) is 6.65. The molecule has 31 heavy (non-hydrogen) atoms. The highest BCUT2D eigenvalue weighted by Gasteiger charge is 2.38. The smallest absolute Gasteiger partial charge is 0.475 e. The van der Waals surface area contributed by atoms with Crippen molar-refractivity contribution in [3.63, 3.8) is 0 Å². The predicted octanol–water partition coefficient (Wildman–Crippen LogP) is 2.96. The molecule has 0 aliphatic carbocycles. The Labute approximate surface area is 184 Å². The van der Waals surface area contributed by atoms with E-state index in [-0.39, 0.29) is 11.7 Å².